The molecule has 0 nitrogen and oxygen atoms in total. The molecule has 0 N–H and O–H groups in total. The van der Waals surface area contributed by atoms with Gasteiger partial charge < -0.3 is 24.8 Å². The quantitative estimate of drug-likeness (QED) is 0.219. The van der Waals surface area contributed by atoms with E-state index in [1.807, 2.05) is 0 Å². The van der Waals surface area contributed by atoms with Crippen molar-refractivity contribution < 1.29 is 47.7 Å². The minimum Gasteiger partial charge on any atom is -1.00 e. The Morgan fingerprint density at radius 2 is 1.08 bits per heavy atom. The minimum absolute atomic E-state index is 0. The number of halogens is 2. The minimum atomic E-state index is -1.92. The van der Waals surface area contributed by atoms with Crippen LogP contribution in [0.3, 0.4) is 0 Å². The standard InChI is InChI=1S/C33H32Si.2ClH.Hf/c1-3-4-5-10-21-34(2,32-19-11-17-28-26-15-8-6-13-24(26)22-30(28)32)33-20-12-18-29-27-16-9-7-14-25(27)23-31(29)33;;;/h6-9,11-20,22-23H,3-5,10,21H2,1-2H3;2*1H;/q;;;+2/p-2. The van der Waals surface area contributed by atoms with E-state index in [-0.39, 0.29) is 24.8 Å². The Morgan fingerprint density at radius 1 is 0.595 bits per heavy atom. The second-order valence-corrected chi connectivity index (χ2v) is 20.5. The zero-order chi connectivity index (χ0) is 23.6. The molecule has 4 aromatic rings. The molecule has 2 atom stereocenters. The van der Waals surface area contributed by atoms with Gasteiger partial charge in [0.25, 0.3) is 0 Å². The van der Waals surface area contributed by atoms with Crippen molar-refractivity contribution in [2.45, 2.75) is 52.5 Å². The number of hydrogen-bond acceptors (Lipinski definition) is 0. The average molecular weight is 706 g/mol. The summed E-state index contributed by atoms with van der Waals surface area (Å²) in [4.78, 5) is 0. The van der Waals surface area contributed by atoms with E-state index in [4.69, 9.17) is 0 Å². The predicted octanol–water partition coefficient (Wildman–Crippen LogP) is 1.70. The van der Waals surface area contributed by atoms with Gasteiger partial charge in [0.05, 0.1) is 0 Å². The fourth-order valence-electron chi connectivity index (χ4n) is 7.32. The van der Waals surface area contributed by atoms with Crippen LogP contribution in [0.5, 0.6) is 0 Å². The van der Waals surface area contributed by atoms with Crippen molar-refractivity contribution in [3.63, 3.8) is 0 Å². The normalized spacial score (nSPS) is 20.9. The Morgan fingerprint density at radius 3 is 1.59 bits per heavy atom. The molecule has 0 radical (unpaired) electrons. The zero-order valence-electron chi connectivity index (χ0n) is 21.5. The molecular weight excluding hydrogens is 674 g/mol. The van der Waals surface area contributed by atoms with E-state index in [1.165, 1.54) is 42.9 Å². The molecule has 3 aliphatic rings. The van der Waals surface area contributed by atoms with Crippen LogP contribution in [0.1, 0.15) is 62.2 Å². The molecule has 0 aromatic heterocycles. The fraction of sp³-hybridized carbons (Fsp3) is 0.273. The SMILES string of the molecule is CCCCCC[Si]1(C)c2cccc3c2[CH]([Hf+2][CH]2c4ccccc4-c4cccc1c42)c1ccccc1-3.[Cl-].[Cl-]. The van der Waals surface area contributed by atoms with Crippen molar-refractivity contribution in [3.05, 3.63) is 107 Å². The van der Waals surface area contributed by atoms with Gasteiger partial charge in [0.2, 0.25) is 0 Å². The Kier molecular flexibility index (Phi) is 7.78. The van der Waals surface area contributed by atoms with Crippen LogP contribution in [-0.4, -0.2) is 8.07 Å². The van der Waals surface area contributed by atoms with Crippen LogP contribution in [-0.2, 0) is 22.9 Å². The Balaban J connectivity index is 0.00000140. The number of fused-ring (bicyclic) bond motifs is 6. The number of unbranched alkanes of at least 4 members (excludes halogenated alkanes) is 3. The average Bonchev–Trinajstić information content (AvgIpc) is 3.39. The summed E-state index contributed by atoms with van der Waals surface area (Å²) in [6, 6.07) is 35.0. The molecule has 186 valence electrons. The van der Waals surface area contributed by atoms with Gasteiger partial charge in [0.15, 0.2) is 0 Å². The van der Waals surface area contributed by atoms with E-state index in [0.29, 0.717) is 7.35 Å². The Hall–Kier alpha value is -1.45. The first kappa shape index (κ1) is 27.1. The van der Waals surface area contributed by atoms with Crippen molar-refractivity contribution in [1.82, 2.24) is 0 Å². The molecule has 0 bridgehead atoms. The largest absolute Gasteiger partial charge is 1.00 e. The number of benzene rings is 4. The third kappa shape index (κ3) is 4.01. The smallest absolute Gasteiger partial charge is 1.00 e. The van der Waals surface area contributed by atoms with E-state index in [9.17, 15) is 0 Å². The van der Waals surface area contributed by atoms with Crippen LogP contribution in [0.15, 0.2) is 84.9 Å². The van der Waals surface area contributed by atoms with E-state index in [2.05, 4.69) is 98.4 Å². The first-order valence-corrected chi connectivity index (χ1v) is 20.3. The van der Waals surface area contributed by atoms with Gasteiger partial charge in [-0.25, -0.2) is 0 Å². The fourth-order valence-corrected chi connectivity index (χ4v) is 20.5. The van der Waals surface area contributed by atoms with Crippen LogP contribution < -0.4 is 35.2 Å². The molecule has 0 saturated carbocycles. The third-order valence-electron chi connectivity index (χ3n) is 8.97. The molecule has 1 heterocycles. The van der Waals surface area contributed by atoms with Crippen LogP contribution in [0.2, 0.25) is 12.6 Å². The first-order valence-electron chi connectivity index (χ1n) is 13.4. The van der Waals surface area contributed by atoms with Crippen LogP contribution in [0.4, 0.5) is 0 Å². The summed E-state index contributed by atoms with van der Waals surface area (Å²) in [5.74, 6) is 0. The van der Waals surface area contributed by atoms with Crippen LogP contribution in [0, 0.1) is 0 Å². The molecule has 0 saturated heterocycles. The van der Waals surface area contributed by atoms with E-state index in [1.54, 1.807) is 43.8 Å². The summed E-state index contributed by atoms with van der Waals surface area (Å²) in [5, 5.41) is 3.53. The summed E-state index contributed by atoms with van der Waals surface area (Å²) >= 11 is -1.18. The topological polar surface area (TPSA) is 0 Å². The van der Waals surface area contributed by atoms with Crippen LogP contribution >= 0.6 is 0 Å². The maximum Gasteiger partial charge on any atom is -1.00 e. The van der Waals surface area contributed by atoms with Gasteiger partial charge in [-0.1, -0.05) is 0 Å². The maximum absolute atomic E-state index is 2.73. The van der Waals surface area contributed by atoms with Gasteiger partial charge in [0.1, 0.15) is 0 Å². The molecule has 0 fully saturated rings. The summed E-state index contributed by atoms with van der Waals surface area (Å²) in [6.07, 6.45) is 5.40. The zero-order valence-corrected chi connectivity index (χ0v) is 27.6. The van der Waals surface area contributed by atoms with E-state index < -0.39 is 31.0 Å². The third-order valence-corrected chi connectivity index (χ3v) is 20.3. The molecular formula is C33H32Cl2HfSi. The van der Waals surface area contributed by atoms with E-state index in [0.717, 1.165) is 0 Å². The monoisotopic (exact) mass is 706 g/mol. The molecule has 7 rings (SSSR count). The number of rotatable bonds is 5. The van der Waals surface area contributed by atoms with Gasteiger partial charge >= 0.3 is 223 Å². The predicted molar refractivity (Wildman–Crippen MR) is 147 cm³/mol. The molecule has 2 unspecified atom stereocenters. The Labute approximate surface area is 246 Å². The van der Waals surface area contributed by atoms with Crippen molar-refractivity contribution in [1.29, 1.82) is 0 Å². The van der Waals surface area contributed by atoms with Crippen LogP contribution in [0.25, 0.3) is 22.3 Å². The summed E-state index contributed by atoms with van der Waals surface area (Å²) < 4.78 is 1.38. The van der Waals surface area contributed by atoms with Gasteiger partial charge in [-0.05, 0) is 0 Å². The van der Waals surface area contributed by atoms with Crippen molar-refractivity contribution in [2.75, 3.05) is 0 Å². The molecule has 0 amide bonds. The summed E-state index contributed by atoms with van der Waals surface area (Å²) in [6.45, 7) is 5.06. The van der Waals surface area contributed by atoms with Crippen molar-refractivity contribution in [3.8, 4) is 22.3 Å². The first-order chi connectivity index (χ1) is 17.2. The molecule has 37 heavy (non-hydrogen) atoms. The summed E-state index contributed by atoms with van der Waals surface area (Å²) in [7, 11) is -1.92. The molecule has 2 aliphatic carbocycles. The van der Waals surface area contributed by atoms with Gasteiger partial charge in [-0.15, -0.1) is 0 Å². The van der Waals surface area contributed by atoms with Gasteiger partial charge in [0, 0.05) is 0 Å². The maximum atomic E-state index is 2.73. The molecule has 4 heteroatoms. The Bertz CT molecular complexity index is 1360. The molecule has 0 spiro atoms. The van der Waals surface area contributed by atoms with Crippen molar-refractivity contribution in [2.24, 2.45) is 0 Å². The molecule has 4 aromatic carbocycles. The second kappa shape index (κ2) is 10.6. The van der Waals surface area contributed by atoms with E-state index >= 15 is 0 Å². The van der Waals surface area contributed by atoms with Gasteiger partial charge in [-0.2, -0.15) is 0 Å². The van der Waals surface area contributed by atoms with Gasteiger partial charge in [-0.3, -0.25) is 0 Å². The summed E-state index contributed by atoms with van der Waals surface area (Å²) in [5.41, 5.74) is 13.0. The second-order valence-electron chi connectivity index (χ2n) is 10.9. The number of hydrogen-bond donors (Lipinski definition) is 0. The molecule has 1 aliphatic heterocycles. The van der Waals surface area contributed by atoms with Crippen molar-refractivity contribution >= 4 is 18.4 Å².